The fourth-order valence-electron chi connectivity index (χ4n) is 4.51. The minimum atomic E-state index is -4.82. The number of oxazole rings is 1. The quantitative estimate of drug-likeness (QED) is 0.346. The summed E-state index contributed by atoms with van der Waals surface area (Å²) in [6.07, 6.45) is -6.11. The molecule has 2 aromatic carbocycles. The summed E-state index contributed by atoms with van der Waals surface area (Å²) in [7, 11) is 1.52. The molecule has 0 amide bonds. The van der Waals surface area contributed by atoms with Crippen LogP contribution in [0.15, 0.2) is 47.0 Å². The maximum atomic E-state index is 14.1. The van der Waals surface area contributed by atoms with Crippen LogP contribution in [-0.2, 0) is 28.5 Å². The molecule has 3 heterocycles. The highest BCUT2D eigenvalue weighted by Gasteiger charge is 2.43. The number of aliphatic carboxylic acids is 1. The van der Waals surface area contributed by atoms with Crippen molar-refractivity contribution in [1.29, 1.82) is 0 Å². The van der Waals surface area contributed by atoms with Gasteiger partial charge in [0.25, 0.3) is 0 Å². The van der Waals surface area contributed by atoms with E-state index >= 15 is 0 Å². The molecule has 13 heteroatoms. The lowest BCUT2D eigenvalue weighted by molar-refractivity contribution is -0.146. The predicted octanol–water partition coefficient (Wildman–Crippen LogP) is 5.28. The zero-order chi connectivity index (χ0) is 27.2. The first-order chi connectivity index (χ1) is 18.1. The number of ether oxygens (including phenoxy) is 2. The maximum Gasteiger partial charge on any atom is 0.452 e. The second-order valence-corrected chi connectivity index (χ2v) is 9.03. The van der Waals surface area contributed by atoms with Gasteiger partial charge in [0.2, 0.25) is 5.82 Å². The van der Waals surface area contributed by atoms with Crippen molar-refractivity contribution in [2.24, 2.45) is 0 Å². The van der Waals surface area contributed by atoms with Crippen LogP contribution in [0, 0.1) is 6.92 Å². The molecular weight excluding hydrogens is 529 g/mol. The fourth-order valence-corrected chi connectivity index (χ4v) is 4.69. The van der Waals surface area contributed by atoms with E-state index in [0.29, 0.717) is 21.9 Å². The molecule has 0 radical (unpaired) electrons. The number of carboxylic acid groups (broad SMARTS) is 1. The van der Waals surface area contributed by atoms with Gasteiger partial charge in [-0.05, 0) is 42.3 Å². The second-order valence-electron chi connectivity index (χ2n) is 8.59. The van der Waals surface area contributed by atoms with Gasteiger partial charge in [-0.1, -0.05) is 23.7 Å². The lowest BCUT2D eigenvalue weighted by Crippen LogP contribution is -2.17. The summed E-state index contributed by atoms with van der Waals surface area (Å²) in [4.78, 5) is 15.1. The first-order valence-electron chi connectivity index (χ1n) is 11.3. The van der Waals surface area contributed by atoms with Crippen LogP contribution in [0.5, 0.6) is 5.75 Å². The Bertz CT molecular complexity index is 1520. The number of carbonyl (C=O) groups is 1. The van der Waals surface area contributed by atoms with Crippen LogP contribution in [0.3, 0.4) is 0 Å². The topological polar surface area (TPSA) is 112 Å². The maximum absolute atomic E-state index is 14.1. The van der Waals surface area contributed by atoms with Crippen molar-refractivity contribution in [3.05, 3.63) is 87.6 Å². The molecule has 9 nitrogen and oxygen atoms in total. The number of hydrogen-bond donors (Lipinski definition) is 1. The van der Waals surface area contributed by atoms with E-state index in [0.717, 1.165) is 10.1 Å². The summed E-state index contributed by atoms with van der Waals surface area (Å²) in [5, 5.41) is 16.6. The summed E-state index contributed by atoms with van der Waals surface area (Å²) in [5.41, 5.74) is 1.87. The number of carboxylic acids is 1. The Morgan fingerprint density at radius 2 is 2.00 bits per heavy atom. The highest BCUT2D eigenvalue weighted by molar-refractivity contribution is 6.30. The van der Waals surface area contributed by atoms with E-state index < -0.39 is 36.6 Å². The molecule has 0 saturated carbocycles. The molecule has 38 heavy (non-hydrogen) atoms. The van der Waals surface area contributed by atoms with Gasteiger partial charge in [0.1, 0.15) is 30.1 Å². The SMILES string of the molecule is COc1cccc([C@H]2O[C@H](Cc3ncc(CC(=O)O)o3)c3nnc(C(F)(F)F)n3-c3ccc(Cl)cc32)c1C. The molecule has 0 saturated heterocycles. The molecule has 198 valence electrons. The molecule has 1 aliphatic rings. The number of alkyl halides is 3. The van der Waals surface area contributed by atoms with Gasteiger partial charge in [0.15, 0.2) is 11.7 Å². The molecule has 2 aromatic heterocycles. The average Bonchev–Trinajstić information content (AvgIpc) is 3.46. The largest absolute Gasteiger partial charge is 0.496 e. The van der Waals surface area contributed by atoms with Crippen LogP contribution < -0.4 is 4.74 Å². The van der Waals surface area contributed by atoms with E-state index in [-0.39, 0.29) is 29.6 Å². The minimum absolute atomic E-state index is 0.0689. The number of aromatic nitrogens is 4. The van der Waals surface area contributed by atoms with Crippen LogP contribution in [0.4, 0.5) is 13.2 Å². The number of benzene rings is 2. The van der Waals surface area contributed by atoms with Gasteiger partial charge < -0.3 is 19.0 Å². The third-order valence-electron chi connectivity index (χ3n) is 6.16. The molecule has 2 atom stereocenters. The zero-order valence-corrected chi connectivity index (χ0v) is 20.7. The number of nitrogens with zero attached hydrogens (tertiary/aromatic N) is 4. The van der Waals surface area contributed by atoms with Crippen LogP contribution >= 0.6 is 11.6 Å². The molecule has 5 rings (SSSR count). The number of fused-ring (bicyclic) bond motifs is 3. The molecule has 0 fully saturated rings. The summed E-state index contributed by atoms with van der Waals surface area (Å²) in [5.74, 6) is -1.74. The third kappa shape index (κ3) is 4.72. The minimum Gasteiger partial charge on any atom is -0.496 e. The van der Waals surface area contributed by atoms with Gasteiger partial charge in [-0.3, -0.25) is 9.36 Å². The van der Waals surface area contributed by atoms with Crippen molar-refractivity contribution in [2.75, 3.05) is 7.11 Å². The van der Waals surface area contributed by atoms with Crippen molar-refractivity contribution in [1.82, 2.24) is 19.7 Å². The number of methoxy groups -OCH3 is 1. The summed E-state index contributed by atoms with van der Waals surface area (Å²) in [6.45, 7) is 1.81. The predicted molar refractivity (Wildman–Crippen MR) is 126 cm³/mol. The van der Waals surface area contributed by atoms with Gasteiger partial charge >= 0.3 is 12.1 Å². The van der Waals surface area contributed by atoms with Crippen LogP contribution in [0.1, 0.15) is 52.2 Å². The van der Waals surface area contributed by atoms with E-state index in [4.69, 9.17) is 30.6 Å². The molecular formula is C25H20ClF3N4O5. The highest BCUT2D eigenvalue weighted by Crippen LogP contribution is 2.45. The Labute approximate surface area is 218 Å². The van der Waals surface area contributed by atoms with Gasteiger partial charge in [0.05, 0.1) is 25.4 Å². The average molecular weight is 549 g/mol. The summed E-state index contributed by atoms with van der Waals surface area (Å²) >= 11 is 6.31. The molecule has 0 aliphatic carbocycles. The number of halogens is 4. The Morgan fingerprint density at radius 1 is 1.21 bits per heavy atom. The van der Waals surface area contributed by atoms with Gasteiger partial charge in [0, 0.05) is 10.6 Å². The second kappa shape index (κ2) is 9.76. The van der Waals surface area contributed by atoms with Crippen molar-refractivity contribution >= 4 is 17.6 Å². The van der Waals surface area contributed by atoms with Crippen LogP contribution in [0.2, 0.25) is 5.02 Å². The van der Waals surface area contributed by atoms with Crippen molar-refractivity contribution < 1.29 is 37.0 Å². The van der Waals surface area contributed by atoms with E-state index in [2.05, 4.69) is 15.2 Å². The summed E-state index contributed by atoms with van der Waals surface area (Å²) < 4.78 is 60.6. The Balaban J connectivity index is 1.70. The molecule has 4 aromatic rings. The van der Waals surface area contributed by atoms with E-state index in [1.165, 1.54) is 25.4 Å². The Hall–Kier alpha value is -3.90. The smallest absolute Gasteiger partial charge is 0.452 e. The number of rotatable bonds is 6. The highest BCUT2D eigenvalue weighted by atomic mass is 35.5. The lowest BCUT2D eigenvalue weighted by Gasteiger charge is -2.24. The standard InChI is InChI=1S/C25H20ClF3N4O5/c1-12-15(4-3-5-18(12)36-2)22-16-8-13(26)6-7-17(16)33-23(31-32-24(33)25(27,28)29)19(38-22)10-20-30-11-14(37-20)9-21(34)35/h3-8,11,19,22H,9-10H2,1-2H3,(H,34,35)/t19-,22-/m1/s1. The zero-order valence-electron chi connectivity index (χ0n) is 20.0. The molecule has 1 aliphatic heterocycles. The van der Waals surface area contributed by atoms with Crippen molar-refractivity contribution in [3.63, 3.8) is 0 Å². The molecule has 0 unspecified atom stereocenters. The van der Waals surface area contributed by atoms with Crippen LogP contribution in [-0.4, -0.2) is 37.9 Å². The first-order valence-corrected chi connectivity index (χ1v) is 11.7. The molecule has 0 bridgehead atoms. The first kappa shape index (κ1) is 25.7. The van der Waals surface area contributed by atoms with Crippen molar-refractivity contribution in [3.8, 4) is 11.4 Å². The normalized spacial score (nSPS) is 17.0. The van der Waals surface area contributed by atoms with E-state index in [1.54, 1.807) is 24.3 Å². The lowest BCUT2D eigenvalue weighted by atomic mass is 9.95. The van der Waals surface area contributed by atoms with E-state index in [9.17, 15) is 18.0 Å². The van der Waals surface area contributed by atoms with Crippen molar-refractivity contribution in [2.45, 2.75) is 38.1 Å². The Morgan fingerprint density at radius 3 is 2.71 bits per heavy atom. The monoisotopic (exact) mass is 548 g/mol. The summed E-state index contributed by atoms with van der Waals surface area (Å²) in [6, 6.07) is 9.79. The Kier molecular flexibility index (Phi) is 6.61. The van der Waals surface area contributed by atoms with Crippen LogP contribution in [0.25, 0.3) is 5.69 Å². The van der Waals surface area contributed by atoms with Gasteiger partial charge in [-0.15, -0.1) is 10.2 Å². The fraction of sp³-hybridized carbons (Fsp3) is 0.280. The van der Waals surface area contributed by atoms with E-state index in [1.807, 2.05) is 6.92 Å². The third-order valence-corrected chi connectivity index (χ3v) is 6.39. The van der Waals surface area contributed by atoms with Gasteiger partial charge in [-0.2, -0.15) is 13.2 Å². The molecule has 0 spiro atoms. The molecule has 1 N–H and O–H groups in total. The number of hydrogen-bond acceptors (Lipinski definition) is 7. The van der Waals surface area contributed by atoms with Gasteiger partial charge in [-0.25, -0.2) is 4.98 Å².